The third kappa shape index (κ3) is 5.21. The highest BCUT2D eigenvalue weighted by molar-refractivity contribution is 7.26. The molecule has 3 nitrogen and oxygen atoms in total. The van der Waals surface area contributed by atoms with Gasteiger partial charge in [-0.1, -0.05) is 164 Å². The highest BCUT2D eigenvalue weighted by Crippen LogP contribution is 2.45. The van der Waals surface area contributed by atoms with Gasteiger partial charge in [0.1, 0.15) is 0 Å². The standard InChI is InChI=1S/C53H31N3S2/c1-2-14-32(15-3-1)35-21-11-23-40-37(35)30-31-41(36-22-10-17-33-16-4-5-18-34(33)36)48(40)53-55-51(44-26-12-24-42-38-19-6-8-28-46(38)57-49(42)44)54-52(56-53)45-27-13-25-43-39-20-7-9-29-47(39)58-50(43)45/h1-31H. The van der Waals surface area contributed by atoms with Gasteiger partial charge < -0.3 is 0 Å². The van der Waals surface area contributed by atoms with E-state index in [0.717, 1.165) is 38.6 Å². The fraction of sp³-hybridized carbons (Fsp3) is 0. The lowest BCUT2D eigenvalue weighted by molar-refractivity contribution is 1.08. The van der Waals surface area contributed by atoms with Crippen LogP contribution in [0.1, 0.15) is 0 Å². The molecule has 3 heterocycles. The zero-order valence-electron chi connectivity index (χ0n) is 31.1. The Balaban J connectivity index is 1.21. The van der Waals surface area contributed by atoms with Gasteiger partial charge in [0, 0.05) is 57.0 Å². The van der Waals surface area contributed by atoms with Crippen LogP contribution >= 0.6 is 22.7 Å². The van der Waals surface area contributed by atoms with Crippen LogP contribution in [0.3, 0.4) is 0 Å². The Morgan fingerprint density at radius 1 is 0.276 bits per heavy atom. The topological polar surface area (TPSA) is 38.7 Å². The molecule has 0 bridgehead atoms. The molecule has 0 aliphatic heterocycles. The first-order valence-corrected chi connectivity index (χ1v) is 21.1. The number of hydrogen-bond acceptors (Lipinski definition) is 5. The van der Waals surface area contributed by atoms with Crippen LogP contribution in [0.25, 0.3) is 118 Å². The van der Waals surface area contributed by atoms with Crippen LogP contribution in [0.5, 0.6) is 0 Å². The lowest BCUT2D eigenvalue weighted by atomic mass is 9.88. The van der Waals surface area contributed by atoms with Crippen molar-refractivity contribution in [1.82, 2.24) is 15.0 Å². The maximum atomic E-state index is 5.55. The number of hydrogen-bond donors (Lipinski definition) is 0. The van der Waals surface area contributed by atoms with E-state index in [-0.39, 0.29) is 0 Å². The molecule has 0 spiro atoms. The van der Waals surface area contributed by atoms with E-state index in [4.69, 9.17) is 15.0 Å². The molecule has 0 atom stereocenters. The van der Waals surface area contributed by atoms with Gasteiger partial charge in [0.25, 0.3) is 0 Å². The summed E-state index contributed by atoms with van der Waals surface area (Å²) in [6, 6.07) is 67.3. The summed E-state index contributed by atoms with van der Waals surface area (Å²) in [6.45, 7) is 0. The Labute approximate surface area is 342 Å². The van der Waals surface area contributed by atoms with Crippen LogP contribution in [-0.2, 0) is 0 Å². The lowest BCUT2D eigenvalue weighted by Gasteiger charge is -2.18. The van der Waals surface area contributed by atoms with Gasteiger partial charge in [0.05, 0.1) is 0 Å². The van der Waals surface area contributed by atoms with Crippen LogP contribution < -0.4 is 0 Å². The number of benzene rings is 9. The van der Waals surface area contributed by atoms with Gasteiger partial charge in [-0.25, -0.2) is 15.0 Å². The first-order valence-electron chi connectivity index (χ1n) is 19.4. The Kier molecular flexibility index (Phi) is 7.58. The second-order valence-electron chi connectivity index (χ2n) is 14.6. The van der Waals surface area contributed by atoms with E-state index in [0.29, 0.717) is 17.5 Å². The Hall–Kier alpha value is -7.05. The van der Waals surface area contributed by atoms with Gasteiger partial charge in [-0.3, -0.25) is 0 Å². The monoisotopic (exact) mass is 773 g/mol. The minimum Gasteiger partial charge on any atom is -0.208 e. The molecule has 9 aromatic carbocycles. The predicted octanol–water partition coefficient (Wildman–Crippen LogP) is 15.2. The minimum atomic E-state index is 0.648. The van der Waals surface area contributed by atoms with Gasteiger partial charge in [-0.15, -0.1) is 22.7 Å². The highest BCUT2D eigenvalue weighted by Gasteiger charge is 2.23. The molecular weight excluding hydrogens is 743 g/mol. The maximum Gasteiger partial charge on any atom is 0.165 e. The van der Waals surface area contributed by atoms with Gasteiger partial charge in [-0.2, -0.15) is 0 Å². The summed E-state index contributed by atoms with van der Waals surface area (Å²) in [5.74, 6) is 1.97. The number of rotatable bonds is 5. The summed E-state index contributed by atoms with van der Waals surface area (Å²) in [5.41, 5.74) is 7.56. The van der Waals surface area contributed by atoms with Crippen molar-refractivity contribution in [3.8, 4) is 56.4 Å². The lowest BCUT2D eigenvalue weighted by Crippen LogP contribution is -2.02. The van der Waals surface area contributed by atoms with Crippen molar-refractivity contribution in [2.45, 2.75) is 0 Å². The summed E-state index contributed by atoms with van der Waals surface area (Å²) < 4.78 is 4.83. The molecule has 12 rings (SSSR count). The molecule has 0 N–H and O–H groups in total. The average molecular weight is 774 g/mol. The molecular formula is C53H31N3S2. The SMILES string of the molecule is c1ccc(-c2cccc3c(-c4nc(-c5cccc6c5sc5ccccc56)nc(-c5cccc6c5sc5ccccc56)n4)c(-c4cccc5ccccc45)ccc23)cc1. The van der Waals surface area contributed by atoms with E-state index < -0.39 is 0 Å². The van der Waals surface area contributed by atoms with E-state index in [2.05, 4.69) is 188 Å². The molecule has 12 aromatic rings. The maximum absolute atomic E-state index is 5.55. The van der Waals surface area contributed by atoms with Gasteiger partial charge in [0.15, 0.2) is 17.5 Å². The third-order valence-corrected chi connectivity index (χ3v) is 13.8. The number of thiophene rings is 2. The van der Waals surface area contributed by atoms with Crippen molar-refractivity contribution in [1.29, 1.82) is 0 Å². The van der Waals surface area contributed by atoms with Crippen molar-refractivity contribution in [2.75, 3.05) is 0 Å². The van der Waals surface area contributed by atoms with Crippen LogP contribution in [-0.4, -0.2) is 15.0 Å². The van der Waals surface area contributed by atoms with Crippen molar-refractivity contribution in [2.24, 2.45) is 0 Å². The molecule has 0 aliphatic carbocycles. The fourth-order valence-corrected chi connectivity index (χ4v) is 11.2. The number of aromatic nitrogens is 3. The van der Waals surface area contributed by atoms with Crippen molar-refractivity contribution < 1.29 is 0 Å². The quantitative estimate of drug-likeness (QED) is 0.175. The van der Waals surface area contributed by atoms with Crippen LogP contribution in [0, 0.1) is 0 Å². The van der Waals surface area contributed by atoms with Crippen LogP contribution in [0.4, 0.5) is 0 Å². The predicted molar refractivity (Wildman–Crippen MR) is 248 cm³/mol. The van der Waals surface area contributed by atoms with Gasteiger partial charge in [-0.05, 0) is 68.1 Å². The normalized spacial score (nSPS) is 11.8. The Bertz CT molecular complexity index is 3450. The van der Waals surface area contributed by atoms with E-state index in [9.17, 15) is 0 Å². The molecule has 0 unspecified atom stereocenters. The molecule has 3 aromatic heterocycles. The van der Waals surface area contributed by atoms with Crippen molar-refractivity contribution >= 4 is 84.6 Å². The summed E-state index contributed by atoms with van der Waals surface area (Å²) in [6.07, 6.45) is 0. The smallest absolute Gasteiger partial charge is 0.165 e. The van der Waals surface area contributed by atoms with Gasteiger partial charge in [0.2, 0.25) is 0 Å². The Morgan fingerprint density at radius 2 is 0.759 bits per heavy atom. The first kappa shape index (κ1) is 33.1. The van der Waals surface area contributed by atoms with Crippen LogP contribution in [0.15, 0.2) is 188 Å². The van der Waals surface area contributed by atoms with E-state index >= 15 is 0 Å². The molecule has 270 valence electrons. The molecule has 5 heteroatoms. The highest BCUT2D eigenvalue weighted by atomic mass is 32.1. The van der Waals surface area contributed by atoms with Crippen molar-refractivity contribution in [3.05, 3.63) is 188 Å². The summed E-state index contributed by atoms with van der Waals surface area (Å²) in [4.78, 5) is 16.5. The van der Waals surface area contributed by atoms with Gasteiger partial charge >= 0.3 is 0 Å². The summed E-state index contributed by atoms with van der Waals surface area (Å²) >= 11 is 3.59. The second-order valence-corrected chi connectivity index (χ2v) is 16.8. The molecule has 0 aliphatic rings. The first-order chi connectivity index (χ1) is 28.8. The van der Waals surface area contributed by atoms with Crippen LogP contribution in [0.2, 0.25) is 0 Å². The zero-order chi connectivity index (χ0) is 38.2. The summed E-state index contributed by atoms with van der Waals surface area (Å²) in [5, 5.41) is 9.52. The zero-order valence-corrected chi connectivity index (χ0v) is 32.7. The molecule has 0 fully saturated rings. The largest absolute Gasteiger partial charge is 0.208 e. The molecule has 0 amide bonds. The number of fused-ring (bicyclic) bond motifs is 8. The Morgan fingerprint density at radius 3 is 1.43 bits per heavy atom. The minimum absolute atomic E-state index is 0.648. The third-order valence-electron chi connectivity index (χ3n) is 11.4. The van der Waals surface area contributed by atoms with E-state index in [1.807, 2.05) is 0 Å². The molecule has 0 saturated carbocycles. The van der Waals surface area contributed by atoms with E-state index in [1.54, 1.807) is 22.7 Å². The molecule has 0 radical (unpaired) electrons. The molecule has 0 saturated heterocycles. The van der Waals surface area contributed by atoms with Crippen molar-refractivity contribution in [3.63, 3.8) is 0 Å². The summed E-state index contributed by atoms with van der Waals surface area (Å²) in [7, 11) is 0. The van der Waals surface area contributed by atoms with E-state index in [1.165, 1.54) is 62.2 Å². The number of nitrogens with zero attached hydrogens (tertiary/aromatic N) is 3. The average Bonchev–Trinajstić information content (AvgIpc) is 3.87. The second kappa shape index (κ2) is 13.3. The fourth-order valence-electron chi connectivity index (χ4n) is 8.73. The molecule has 58 heavy (non-hydrogen) atoms.